The van der Waals surface area contributed by atoms with E-state index in [4.69, 9.17) is 9.40 Å². The topological polar surface area (TPSA) is 30.4 Å². The number of aromatic nitrogens is 2. The normalized spacial score (nSPS) is 12.2. The highest BCUT2D eigenvalue weighted by Gasteiger charge is 2.22. The Balaban J connectivity index is 1.28. The highest BCUT2D eigenvalue weighted by molar-refractivity contribution is 6.25. The number of furan rings is 1. The smallest absolute Gasteiger partial charge is 0.160 e. The quantitative estimate of drug-likeness (QED) is 0.182. The monoisotopic (exact) mass is 610 g/mol. The van der Waals surface area contributed by atoms with Gasteiger partial charge in [-0.1, -0.05) is 133 Å². The van der Waals surface area contributed by atoms with Crippen molar-refractivity contribution in [3.05, 3.63) is 158 Å². The fourth-order valence-corrected chi connectivity index (χ4v) is 8.13. The Morgan fingerprint density at radius 3 is 1.83 bits per heavy atom. The van der Waals surface area contributed by atoms with Crippen LogP contribution in [0.3, 0.4) is 0 Å². The van der Waals surface area contributed by atoms with Crippen LogP contribution in [-0.2, 0) is 0 Å². The van der Waals surface area contributed by atoms with Gasteiger partial charge in [-0.2, -0.15) is 0 Å². The van der Waals surface area contributed by atoms with Crippen LogP contribution in [0.25, 0.3) is 104 Å². The van der Waals surface area contributed by atoms with Gasteiger partial charge in [-0.3, -0.25) is 4.40 Å². The van der Waals surface area contributed by atoms with Crippen LogP contribution in [0.2, 0.25) is 0 Å². The number of benzene rings is 8. The fraction of sp³-hybridized carbons (Fsp3) is 0. The predicted octanol–water partition coefficient (Wildman–Crippen LogP) is 12.3. The van der Waals surface area contributed by atoms with Crippen LogP contribution in [0.1, 0.15) is 0 Å². The number of para-hydroxylation sites is 2. The van der Waals surface area contributed by atoms with Gasteiger partial charge in [0.15, 0.2) is 5.58 Å². The average Bonchev–Trinajstić information content (AvgIpc) is 3.72. The summed E-state index contributed by atoms with van der Waals surface area (Å²) < 4.78 is 9.02. The molecule has 0 atom stereocenters. The molecular weight excluding hydrogens is 585 g/mol. The average molecular weight is 611 g/mol. The first kappa shape index (κ1) is 25.7. The highest BCUT2D eigenvalue weighted by Crippen LogP contribution is 2.46. The van der Waals surface area contributed by atoms with Gasteiger partial charge in [0.05, 0.1) is 11.0 Å². The molecule has 3 aromatic heterocycles. The van der Waals surface area contributed by atoms with Gasteiger partial charge in [-0.25, -0.2) is 4.98 Å². The molecule has 0 bridgehead atoms. The molecule has 0 saturated carbocycles. The molecule has 8 aromatic carbocycles. The summed E-state index contributed by atoms with van der Waals surface area (Å²) in [4.78, 5) is 5.12. The molecule has 0 aliphatic heterocycles. The van der Waals surface area contributed by atoms with E-state index in [2.05, 4.69) is 162 Å². The number of nitrogens with zero attached hydrogens (tertiary/aromatic N) is 2. The maximum atomic E-state index is 6.73. The summed E-state index contributed by atoms with van der Waals surface area (Å²) in [5.74, 6) is 0. The molecule has 0 saturated heterocycles. The van der Waals surface area contributed by atoms with Crippen molar-refractivity contribution in [2.24, 2.45) is 0 Å². The summed E-state index contributed by atoms with van der Waals surface area (Å²) in [5.41, 5.74) is 10.7. The van der Waals surface area contributed by atoms with Gasteiger partial charge in [-0.05, 0) is 78.8 Å². The zero-order valence-corrected chi connectivity index (χ0v) is 25.8. The molecule has 3 heterocycles. The van der Waals surface area contributed by atoms with E-state index in [0.717, 1.165) is 55.1 Å². The first-order valence-corrected chi connectivity index (χ1v) is 16.4. The number of imidazole rings is 1. The first-order chi connectivity index (χ1) is 23.8. The van der Waals surface area contributed by atoms with Gasteiger partial charge in [0.1, 0.15) is 16.7 Å². The van der Waals surface area contributed by atoms with E-state index in [1.807, 2.05) is 0 Å². The van der Waals surface area contributed by atoms with Crippen molar-refractivity contribution in [2.75, 3.05) is 0 Å². The summed E-state index contributed by atoms with van der Waals surface area (Å²) in [6, 6.07) is 56.6. The minimum Gasteiger partial charge on any atom is -0.454 e. The van der Waals surface area contributed by atoms with Crippen molar-refractivity contribution >= 4 is 81.8 Å². The van der Waals surface area contributed by atoms with Crippen LogP contribution in [0.5, 0.6) is 0 Å². The maximum absolute atomic E-state index is 6.73. The van der Waals surface area contributed by atoms with Gasteiger partial charge in [0.2, 0.25) is 0 Å². The number of pyridine rings is 1. The predicted molar refractivity (Wildman–Crippen MR) is 201 cm³/mol. The number of hydrogen-bond donors (Lipinski definition) is 0. The van der Waals surface area contributed by atoms with Gasteiger partial charge in [0, 0.05) is 16.2 Å². The van der Waals surface area contributed by atoms with Gasteiger partial charge in [-0.15, -0.1) is 0 Å². The SMILES string of the molecule is c1ccc2c(-c3c4ccccc4c(-c4ccc5oc6c7ccccc7c7nc8ccccc8n7c6c5c4)c4ccccc34)cccc2c1. The van der Waals surface area contributed by atoms with E-state index in [1.54, 1.807) is 0 Å². The minimum atomic E-state index is 0.866. The van der Waals surface area contributed by atoms with Crippen LogP contribution in [0.15, 0.2) is 162 Å². The Hall–Kier alpha value is -6.45. The number of hydrogen-bond acceptors (Lipinski definition) is 2. The molecule has 222 valence electrons. The first-order valence-electron chi connectivity index (χ1n) is 16.4. The lowest BCUT2D eigenvalue weighted by atomic mass is 9.84. The third kappa shape index (κ3) is 3.40. The molecule has 0 fully saturated rings. The third-order valence-electron chi connectivity index (χ3n) is 10.1. The van der Waals surface area contributed by atoms with Crippen molar-refractivity contribution in [2.45, 2.75) is 0 Å². The van der Waals surface area contributed by atoms with Crippen molar-refractivity contribution in [1.82, 2.24) is 9.38 Å². The molecule has 0 N–H and O–H groups in total. The maximum Gasteiger partial charge on any atom is 0.160 e. The third-order valence-corrected chi connectivity index (χ3v) is 10.1. The van der Waals surface area contributed by atoms with E-state index in [-0.39, 0.29) is 0 Å². The molecule has 0 radical (unpaired) electrons. The van der Waals surface area contributed by atoms with Crippen molar-refractivity contribution in [3.8, 4) is 22.3 Å². The molecule has 11 rings (SSSR count). The standard InChI is InChI=1S/C45H26N2O/c1-2-14-29-27(12-1)13-11-21-30(29)42-33-17-5-3-15-31(33)41(32-16-4-6-18-34(32)42)28-24-25-40-37(26-28)43-44(48-40)35-19-7-8-20-36(35)45-46-38-22-9-10-23-39(38)47(43)45/h1-26H. The molecule has 0 aliphatic carbocycles. The second-order valence-electron chi connectivity index (χ2n) is 12.7. The lowest BCUT2D eigenvalue weighted by Gasteiger charge is -2.18. The molecule has 0 amide bonds. The summed E-state index contributed by atoms with van der Waals surface area (Å²) >= 11 is 0. The van der Waals surface area contributed by atoms with E-state index in [1.165, 1.54) is 49.0 Å². The molecule has 0 aliphatic rings. The Labute approximate surface area is 274 Å². The second-order valence-corrected chi connectivity index (χ2v) is 12.7. The second kappa shape index (κ2) is 9.54. The highest BCUT2D eigenvalue weighted by atomic mass is 16.3. The van der Waals surface area contributed by atoms with Crippen molar-refractivity contribution in [3.63, 3.8) is 0 Å². The van der Waals surface area contributed by atoms with Crippen LogP contribution in [0, 0.1) is 0 Å². The van der Waals surface area contributed by atoms with E-state index in [9.17, 15) is 0 Å². The van der Waals surface area contributed by atoms with Crippen LogP contribution in [0.4, 0.5) is 0 Å². The van der Waals surface area contributed by atoms with E-state index >= 15 is 0 Å². The van der Waals surface area contributed by atoms with Gasteiger partial charge in [0.25, 0.3) is 0 Å². The lowest BCUT2D eigenvalue weighted by Crippen LogP contribution is -1.92. The molecular formula is C45H26N2O. The summed E-state index contributed by atoms with van der Waals surface area (Å²) in [6.07, 6.45) is 0. The lowest BCUT2D eigenvalue weighted by molar-refractivity contribution is 0.672. The molecule has 3 nitrogen and oxygen atoms in total. The van der Waals surface area contributed by atoms with Crippen LogP contribution >= 0.6 is 0 Å². The van der Waals surface area contributed by atoms with Crippen LogP contribution < -0.4 is 0 Å². The molecule has 11 aromatic rings. The fourth-order valence-electron chi connectivity index (χ4n) is 8.13. The summed E-state index contributed by atoms with van der Waals surface area (Å²) in [7, 11) is 0. The zero-order valence-electron chi connectivity index (χ0n) is 25.8. The Morgan fingerprint density at radius 1 is 0.458 bits per heavy atom. The molecule has 3 heteroatoms. The molecule has 0 spiro atoms. The largest absolute Gasteiger partial charge is 0.454 e. The Bertz CT molecular complexity index is 3060. The number of rotatable bonds is 2. The Kier molecular flexibility index (Phi) is 5.11. The molecule has 48 heavy (non-hydrogen) atoms. The summed E-state index contributed by atoms with van der Waals surface area (Å²) in [5, 5.41) is 10.7. The van der Waals surface area contributed by atoms with E-state index < -0.39 is 0 Å². The van der Waals surface area contributed by atoms with Gasteiger partial charge >= 0.3 is 0 Å². The summed E-state index contributed by atoms with van der Waals surface area (Å²) in [6.45, 7) is 0. The van der Waals surface area contributed by atoms with E-state index in [0.29, 0.717) is 0 Å². The van der Waals surface area contributed by atoms with Crippen molar-refractivity contribution in [1.29, 1.82) is 0 Å². The zero-order chi connectivity index (χ0) is 31.3. The van der Waals surface area contributed by atoms with Crippen LogP contribution in [-0.4, -0.2) is 9.38 Å². The Morgan fingerprint density at radius 2 is 1.06 bits per heavy atom. The molecule has 0 unspecified atom stereocenters. The number of fused-ring (bicyclic) bond motifs is 13. The van der Waals surface area contributed by atoms with Gasteiger partial charge < -0.3 is 4.42 Å². The minimum absolute atomic E-state index is 0.866. The van der Waals surface area contributed by atoms with Crippen molar-refractivity contribution < 1.29 is 4.42 Å².